The van der Waals surface area contributed by atoms with Gasteiger partial charge < -0.3 is 10.2 Å². The number of nitrogens with zero attached hydrogens (tertiary/aromatic N) is 3. The molecule has 0 radical (unpaired) electrons. The Bertz CT molecular complexity index is 1110. The summed E-state index contributed by atoms with van der Waals surface area (Å²) in [6.45, 7) is 3.40. The van der Waals surface area contributed by atoms with Crippen LogP contribution in [-0.2, 0) is 4.79 Å². The van der Waals surface area contributed by atoms with Crippen LogP contribution in [-0.4, -0.2) is 39.2 Å². The van der Waals surface area contributed by atoms with Gasteiger partial charge in [0.05, 0.1) is 16.9 Å². The fraction of sp³-hybridized carbons (Fsp3) is 0.227. The van der Waals surface area contributed by atoms with E-state index in [0.717, 1.165) is 31.5 Å². The van der Waals surface area contributed by atoms with Gasteiger partial charge in [0, 0.05) is 25.4 Å². The van der Waals surface area contributed by atoms with Gasteiger partial charge in [-0.1, -0.05) is 29.8 Å². The molecule has 0 atom stereocenters. The van der Waals surface area contributed by atoms with Gasteiger partial charge in [-0.25, -0.2) is 4.98 Å². The first kappa shape index (κ1) is 19.2. The topological polar surface area (TPSA) is 66.7 Å². The van der Waals surface area contributed by atoms with E-state index in [4.69, 9.17) is 11.6 Å². The maximum Gasteiger partial charge on any atom is 0.256 e. The average molecular weight is 409 g/mol. The fourth-order valence-electron chi connectivity index (χ4n) is 3.60. The Morgan fingerprint density at radius 2 is 1.93 bits per heavy atom. The highest BCUT2D eigenvalue weighted by Gasteiger charge is 2.23. The molecule has 0 unspecified atom stereocenters. The number of carbonyl (C=O) groups is 2. The number of amides is 2. The van der Waals surface area contributed by atoms with Gasteiger partial charge in [0.1, 0.15) is 5.65 Å². The number of aryl methyl sites for hydroxylation is 1. The van der Waals surface area contributed by atoms with E-state index in [-0.39, 0.29) is 11.8 Å². The SMILES string of the molecule is Cc1cccc(NC(=O)C=Cc2c(Cl)nc3ccccn23)c1C(=O)N1CCCC1. The predicted molar refractivity (Wildman–Crippen MR) is 114 cm³/mol. The quantitative estimate of drug-likeness (QED) is 0.658. The molecule has 2 amide bonds. The molecule has 1 saturated heterocycles. The summed E-state index contributed by atoms with van der Waals surface area (Å²) in [6, 6.07) is 11.0. The number of likely N-dealkylation sites (tertiary alicyclic amines) is 1. The molecular weight excluding hydrogens is 388 g/mol. The maximum absolute atomic E-state index is 12.9. The number of pyridine rings is 1. The van der Waals surface area contributed by atoms with E-state index in [0.29, 0.717) is 27.7 Å². The highest BCUT2D eigenvalue weighted by molar-refractivity contribution is 6.31. The van der Waals surface area contributed by atoms with E-state index >= 15 is 0 Å². The third-order valence-electron chi connectivity index (χ3n) is 5.05. The smallest absolute Gasteiger partial charge is 0.256 e. The Kier molecular flexibility index (Phi) is 5.36. The van der Waals surface area contributed by atoms with Gasteiger partial charge >= 0.3 is 0 Å². The second kappa shape index (κ2) is 8.09. The van der Waals surface area contributed by atoms with Crippen molar-refractivity contribution in [3.05, 3.63) is 70.6 Å². The number of hydrogen-bond donors (Lipinski definition) is 1. The monoisotopic (exact) mass is 408 g/mol. The number of benzene rings is 1. The largest absolute Gasteiger partial charge is 0.339 e. The molecule has 4 rings (SSSR count). The lowest BCUT2D eigenvalue weighted by atomic mass is 10.0. The van der Waals surface area contributed by atoms with E-state index in [1.54, 1.807) is 16.5 Å². The van der Waals surface area contributed by atoms with Crippen LogP contribution in [0.15, 0.2) is 48.7 Å². The van der Waals surface area contributed by atoms with Gasteiger partial charge in [-0.15, -0.1) is 0 Å². The zero-order valence-electron chi connectivity index (χ0n) is 16.1. The first-order valence-electron chi connectivity index (χ1n) is 9.55. The molecule has 0 saturated carbocycles. The van der Waals surface area contributed by atoms with Crippen molar-refractivity contribution in [2.24, 2.45) is 0 Å². The number of fused-ring (bicyclic) bond motifs is 1. The van der Waals surface area contributed by atoms with Gasteiger partial charge in [-0.05, 0) is 49.6 Å². The molecule has 0 bridgehead atoms. The molecule has 148 valence electrons. The highest BCUT2D eigenvalue weighted by Crippen LogP contribution is 2.24. The van der Waals surface area contributed by atoms with Crippen LogP contribution >= 0.6 is 11.6 Å². The van der Waals surface area contributed by atoms with E-state index in [1.807, 2.05) is 48.4 Å². The number of anilines is 1. The minimum atomic E-state index is -0.340. The zero-order chi connectivity index (χ0) is 20.4. The molecule has 1 aromatic carbocycles. The Balaban J connectivity index is 1.57. The van der Waals surface area contributed by atoms with Crippen molar-refractivity contribution in [2.75, 3.05) is 18.4 Å². The lowest BCUT2D eigenvalue weighted by Crippen LogP contribution is -2.29. The lowest BCUT2D eigenvalue weighted by Gasteiger charge is -2.19. The molecule has 1 aliphatic heterocycles. The summed E-state index contributed by atoms with van der Waals surface area (Å²) >= 11 is 6.21. The molecule has 0 aliphatic carbocycles. The van der Waals surface area contributed by atoms with Crippen molar-refractivity contribution in [2.45, 2.75) is 19.8 Å². The van der Waals surface area contributed by atoms with E-state index in [1.165, 1.54) is 6.08 Å². The second-order valence-corrected chi connectivity index (χ2v) is 7.39. The van der Waals surface area contributed by atoms with Crippen LogP contribution in [0.4, 0.5) is 5.69 Å². The summed E-state index contributed by atoms with van der Waals surface area (Å²) in [7, 11) is 0. The number of aromatic nitrogens is 2. The van der Waals surface area contributed by atoms with Gasteiger partial charge in [-0.3, -0.25) is 14.0 Å². The normalized spacial score (nSPS) is 14.1. The summed E-state index contributed by atoms with van der Waals surface area (Å²) in [5, 5.41) is 3.16. The standard InChI is InChI=1S/C22H21ClN4O2/c1-15-7-6-8-16(20(15)22(29)26-12-4-5-13-26)24-19(28)11-10-17-21(23)25-18-9-2-3-14-27(17)18/h2-3,6-11,14H,4-5,12-13H2,1H3,(H,24,28). The van der Waals surface area contributed by atoms with Crippen LogP contribution in [0, 0.1) is 6.92 Å². The average Bonchev–Trinajstić information content (AvgIpc) is 3.34. The molecule has 0 spiro atoms. The molecule has 29 heavy (non-hydrogen) atoms. The Labute approximate surface area is 173 Å². The summed E-state index contributed by atoms with van der Waals surface area (Å²) in [6.07, 6.45) is 6.88. The van der Waals surface area contributed by atoms with Crippen molar-refractivity contribution in [3.63, 3.8) is 0 Å². The molecule has 1 aliphatic rings. The van der Waals surface area contributed by atoms with Crippen molar-refractivity contribution >= 4 is 40.8 Å². The minimum absolute atomic E-state index is 0.0373. The number of carbonyl (C=O) groups excluding carboxylic acids is 2. The summed E-state index contributed by atoms with van der Waals surface area (Å²) in [4.78, 5) is 31.6. The first-order valence-corrected chi connectivity index (χ1v) is 9.93. The van der Waals surface area contributed by atoms with Crippen LogP contribution in [0.2, 0.25) is 5.15 Å². The maximum atomic E-state index is 12.9. The van der Waals surface area contributed by atoms with Crippen LogP contribution in [0.1, 0.15) is 34.5 Å². The fourth-order valence-corrected chi connectivity index (χ4v) is 3.84. The van der Waals surface area contributed by atoms with Gasteiger partial charge in [-0.2, -0.15) is 0 Å². The van der Waals surface area contributed by atoms with Crippen LogP contribution < -0.4 is 5.32 Å². The molecule has 3 heterocycles. The number of nitrogens with one attached hydrogen (secondary N) is 1. The Morgan fingerprint density at radius 1 is 1.14 bits per heavy atom. The number of hydrogen-bond acceptors (Lipinski definition) is 3. The number of imidazole rings is 1. The van der Waals surface area contributed by atoms with E-state index < -0.39 is 0 Å². The first-order chi connectivity index (χ1) is 14.0. The number of halogens is 1. The van der Waals surface area contributed by atoms with E-state index in [2.05, 4.69) is 10.3 Å². The van der Waals surface area contributed by atoms with Crippen molar-refractivity contribution in [1.29, 1.82) is 0 Å². The van der Waals surface area contributed by atoms with Crippen LogP contribution in [0.5, 0.6) is 0 Å². The summed E-state index contributed by atoms with van der Waals surface area (Å²) < 4.78 is 1.81. The van der Waals surface area contributed by atoms with Crippen LogP contribution in [0.25, 0.3) is 11.7 Å². The van der Waals surface area contributed by atoms with Crippen molar-refractivity contribution < 1.29 is 9.59 Å². The Morgan fingerprint density at radius 3 is 2.72 bits per heavy atom. The molecule has 6 nitrogen and oxygen atoms in total. The lowest BCUT2D eigenvalue weighted by molar-refractivity contribution is -0.111. The second-order valence-electron chi connectivity index (χ2n) is 7.04. The van der Waals surface area contributed by atoms with Gasteiger partial charge in [0.2, 0.25) is 5.91 Å². The highest BCUT2D eigenvalue weighted by atomic mass is 35.5. The third kappa shape index (κ3) is 3.89. The molecule has 1 N–H and O–H groups in total. The molecular formula is C22H21ClN4O2. The van der Waals surface area contributed by atoms with Crippen molar-refractivity contribution in [1.82, 2.24) is 14.3 Å². The summed E-state index contributed by atoms with van der Waals surface area (Å²) in [5.41, 5.74) is 3.23. The molecule has 7 heteroatoms. The predicted octanol–water partition coefficient (Wildman–Crippen LogP) is 4.18. The van der Waals surface area contributed by atoms with Gasteiger partial charge in [0.25, 0.3) is 5.91 Å². The zero-order valence-corrected chi connectivity index (χ0v) is 16.8. The third-order valence-corrected chi connectivity index (χ3v) is 5.33. The van der Waals surface area contributed by atoms with Crippen LogP contribution in [0.3, 0.4) is 0 Å². The molecule has 1 fully saturated rings. The summed E-state index contributed by atoms with van der Waals surface area (Å²) in [5.74, 6) is -0.377. The van der Waals surface area contributed by atoms with E-state index in [9.17, 15) is 9.59 Å². The van der Waals surface area contributed by atoms with Crippen molar-refractivity contribution in [3.8, 4) is 0 Å². The van der Waals surface area contributed by atoms with Gasteiger partial charge in [0.15, 0.2) is 5.15 Å². The minimum Gasteiger partial charge on any atom is -0.339 e. The number of rotatable bonds is 4. The molecule has 3 aromatic rings. The molecule has 2 aromatic heterocycles. The Hall–Kier alpha value is -3.12.